The standard InChI is InChI=1S/C30H40O11/c1-15-10-16(2)30-21(19(12-35-3)29(34)39-25(15)22(31)14-37-5)7-6-18-23(30)24(32)20(13-36-4)26(27(18)41-30)40-28(33)17-8-9-38-11-17/h6-11,15,18-27,31-32H,12-14H2,1-5H3. The van der Waals surface area contributed by atoms with Crippen LogP contribution in [0, 0.1) is 35.5 Å². The molecule has 2 aliphatic heterocycles. The van der Waals surface area contributed by atoms with Gasteiger partial charge in [0.15, 0.2) is 0 Å². The van der Waals surface area contributed by atoms with Gasteiger partial charge in [-0.2, -0.15) is 0 Å². The summed E-state index contributed by atoms with van der Waals surface area (Å²) < 4.78 is 40.2. The summed E-state index contributed by atoms with van der Waals surface area (Å²) in [6.07, 6.45) is 4.16. The van der Waals surface area contributed by atoms with E-state index in [0.717, 1.165) is 5.57 Å². The average Bonchev–Trinajstić information content (AvgIpc) is 3.54. The molecule has 4 bridgehead atoms. The Labute approximate surface area is 239 Å². The zero-order valence-corrected chi connectivity index (χ0v) is 24.0. The molecule has 2 fully saturated rings. The van der Waals surface area contributed by atoms with E-state index >= 15 is 0 Å². The topological polar surface area (TPSA) is 143 Å². The van der Waals surface area contributed by atoms with Gasteiger partial charge in [0.2, 0.25) is 0 Å². The van der Waals surface area contributed by atoms with E-state index < -0.39 is 77.6 Å². The number of rotatable bonds is 9. The summed E-state index contributed by atoms with van der Waals surface area (Å²) in [7, 11) is 4.51. The SMILES string of the molecule is COCC(O)C1OC(=O)C(COC)C2C=CC3C4OC2(C(C)=CC1C)C3C(O)C(COC)C4OC(=O)c1ccoc1. The number of esters is 2. The minimum absolute atomic E-state index is 0.0109. The lowest BCUT2D eigenvalue weighted by Crippen LogP contribution is -2.59. The molecule has 2 N–H and O–H groups in total. The maximum absolute atomic E-state index is 13.8. The molecule has 11 nitrogen and oxygen atoms in total. The Hall–Kier alpha value is -2.54. The number of hydrogen-bond donors (Lipinski definition) is 2. The molecule has 1 saturated carbocycles. The summed E-state index contributed by atoms with van der Waals surface area (Å²) in [6.45, 7) is 3.94. The monoisotopic (exact) mass is 576 g/mol. The second kappa shape index (κ2) is 12.0. The molecule has 3 heterocycles. The van der Waals surface area contributed by atoms with Crippen LogP contribution in [0.5, 0.6) is 0 Å². The van der Waals surface area contributed by atoms with Crippen LogP contribution in [-0.2, 0) is 33.2 Å². The van der Waals surface area contributed by atoms with Gasteiger partial charge >= 0.3 is 11.9 Å². The lowest BCUT2D eigenvalue weighted by atomic mass is 9.56. The van der Waals surface area contributed by atoms with Crippen molar-refractivity contribution in [3.05, 3.63) is 48.0 Å². The minimum atomic E-state index is -1.14. The number of hydrogen-bond acceptors (Lipinski definition) is 11. The molecule has 1 aromatic heterocycles. The highest BCUT2D eigenvalue weighted by Gasteiger charge is 2.71. The Kier molecular flexibility index (Phi) is 8.75. The zero-order chi connectivity index (χ0) is 29.5. The van der Waals surface area contributed by atoms with Gasteiger partial charge in [0.05, 0.1) is 43.7 Å². The molecule has 226 valence electrons. The predicted molar refractivity (Wildman–Crippen MR) is 143 cm³/mol. The molecule has 12 unspecified atom stereocenters. The Balaban J connectivity index is 1.61. The Morgan fingerprint density at radius 1 is 1.15 bits per heavy atom. The second-order valence-corrected chi connectivity index (χ2v) is 11.6. The number of methoxy groups -OCH3 is 3. The molecule has 12 atom stereocenters. The highest BCUT2D eigenvalue weighted by Crippen LogP contribution is 2.62. The predicted octanol–water partition coefficient (Wildman–Crippen LogP) is 1.78. The van der Waals surface area contributed by atoms with E-state index in [-0.39, 0.29) is 31.3 Å². The Morgan fingerprint density at radius 3 is 2.56 bits per heavy atom. The molecule has 0 aromatic carbocycles. The van der Waals surface area contributed by atoms with Gasteiger partial charge in [-0.15, -0.1) is 0 Å². The first kappa shape index (κ1) is 29.9. The Morgan fingerprint density at radius 2 is 1.90 bits per heavy atom. The van der Waals surface area contributed by atoms with Crippen LogP contribution in [-0.4, -0.2) is 99.4 Å². The first-order valence-corrected chi connectivity index (χ1v) is 14.0. The van der Waals surface area contributed by atoms with Crippen LogP contribution in [0.1, 0.15) is 24.2 Å². The summed E-state index contributed by atoms with van der Waals surface area (Å²) in [5, 5.41) is 22.8. The van der Waals surface area contributed by atoms with Gasteiger partial charge in [-0.25, -0.2) is 4.79 Å². The van der Waals surface area contributed by atoms with Crippen molar-refractivity contribution >= 4 is 11.9 Å². The summed E-state index contributed by atoms with van der Waals surface area (Å²) in [6, 6.07) is 1.51. The number of aliphatic hydroxyl groups is 2. The highest BCUT2D eigenvalue weighted by molar-refractivity contribution is 5.89. The number of cyclic esters (lactones) is 1. The first-order chi connectivity index (χ1) is 19.7. The first-order valence-electron chi connectivity index (χ1n) is 14.0. The smallest absolute Gasteiger partial charge is 0.341 e. The third kappa shape index (κ3) is 4.96. The van der Waals surface area contributed by atoms with Crippen LogP contribution in [0.15, 0.2) is 46.8 Å². The van der Waals surface area contributed by atoms with E-state index in [1.165, 1.54) is 39.9 Å². The van der Waals surface area contributed by atoms with E-state index in [0.29, 0.717) is 0 Å². The molecular formula is C30H40O11. The van der Waals surface area contributed by atoms with Crippen molar-refractivity contribution in [3.8, 4) is 0 Å². The quantitative estimate of drug-likeness (QED) is 0.328. The third-order valence-corrected chi connectivity index (χ3v) is 9.27. The van der Waals surface area contributed by atoms with Crippen molar-refractivity contribution < 1.29 is 52.6 Å². The van der Waals surface area contributed by atoms with Gasteiger partial charge in [-0.1, -0.05) is 25.2 Å². The van der Waals surface area contributed by atoms with Crippen molar-refractivity contribution in [2.75, 3.05) is 41.2 Å². The fourth-order valence-electron chi connectivity index (χ4n) is 7.57. The summed E-state index contributed by atoms with van der Waals surface area (Å²) >= 11 is 0. The summed E-state index contributed by atoms with van der Waals surface area (Å²) in [5.74, 6) is -4.26. The van der Waals surface area contributed by atoms with Crippen LogP contribution in [0.3, 0.4) is 0 Å². The molecule has 1 aromatic rings. The number of carbonyl (C=O) groups excluding carboxylic acids is 2. The van der Waals surface area contributed by atoms with Crippen molar-refractivity contribution in [1.82, 2.24) is 0 Å². The fourth-order valence-corrected chi connectivity index (χ4v) is 7.57. The minimum Gasteiger partial charge on any atom is -0.472 e. The molecule has 41 heavy (non-hydrogen) atoms. The van der Waals surface area contributed by atoms with Gasteiger partial charge < -0.3 is 43.1 Å². The van der Waals surface area contributed by atoms with Gasteiger partial charge in [0, 0.05) is 50.9 Å². The third-order valence-electron chi connectivity index (χ3n) is 9.27. The van der Waals surface area contributed by atoms with Crippen LogP contribution < -0.4 is 0 Å². The highest BCUT2D eigenvalue weighted by atomic mass is 16.6. The second-order valence-electron chi connectivity index (χ2n) is 11.6. The van der Waals surface area contributed by atoms with Crippen LogP contribution in [0.25, 0.3) is 0 Å². The van der Waals surface area contributed by atoms with Gasteiger partial charge in [0.1, 0.15) is 36.3 Å². The number of aliphatic hydroxyl groups excluding tert-OH is 2. The van der Waals surface area contributed by atoms with Crippen molar-refractivity contribution in [3.63, 3.8) is 0 Å². The summed E-state index contributed by atoms with van der Waals surface area (Å²) in [4.78, 5) is 26.8. The molecule has 5 rings (SSSR count). The average molecular weight is 577 g/mol. The Bertz CT molecular complexity index is 1150. The lowest BCUT2D eigenvalue weighted by Gasteiger charge is -2.49. The van der Waals surface area contributed by atoms with E-state index in [9.17, 15) is 19.8 Å². The van der Waals surface area contributed by atoms with E-state index in [4.69, 9.17) is 32.8 Å². The largest absolute Gasteiger partial charge is 0.472 e. The summed E-state index contributed by atoms with van der Waals surface area (Å²) in [5.41, 5.74) is -0.0896. The molecule has 0 radical (unpaired) electrons. The molecule has 2 aliphatic carbocycles. The molecular weight excluding hydrogens is 536 g/mol. The van der Waals surface area contributed by atoms with Crippen molar-refractivity contribution in [1.29, 1.82) is 0 Å². The number of carbonyl (C=O) groups is 2. The fraction of sp³-hybridized carbons (Fsp3) is 0.667. The van der Waals surface area contributed by atoms with E-state index in [1.54, 1.807) is 0 Å². The number of furan rings is 1. The molecule has 4 aliphatic rings. The van der Waals surface area contributed by atoms with Crippen LogP contribution >= 0.6 is 0 Å². The number of ether oxygens (including phenoxy) is 6. The van der Waals surface area contributed by atoms with Gasteiger partial charge in [-0.3, -0.25) is 4.79 Å². The van der Waals surface area contributed by atoms with E-state index in [2.05, 4.69) is 0 Å². The molecule has 11 heteroatoms. The van der Waals surface area contributed by atoms with Gasteiger partial charge in [-0.05, 0) is 18.6 Å². The maximum Gasteiger partial charge on any atom is 0.341 e. The van der Waals surface area contributed by atoms with Crippen LogP contribution in [0.2, 0.25) is 0 Å². The van der Waals surface area contributed by atoms with Crippen molar-refractivity contribution in [2.24, 2.45) is 35.5 Å². The molecule has 0 amide bonds. The molecule has 1 saturated heterocycles. The molecule has 1 spiro atoms. The van der Waals surface area contributed by atoms with Crippen molar-refractivity contribution in [2.45, 2.75) is 50.0 Å². The van der Waals surface area contributed by atoms with Crippen LogP contribution in [0.4, 0.5) is 0 Å². The van der Waals surface area contributed by atoms with E-state index in [1.807, 2.05) is 32.1 Å². The lowest BCUT2D eigenvalue weighted by molar-refractivity contribution is -0.173. The maximum atomic E-state index is 13.8. The van der Waals surface area contributed by atoms with Gasteiger partial charge in [0.25, 0.3) is 0 Å². The normalized spacial score (nSPS) is 40.5. The zero-order valence-electron chi connectivity index (χ0n) is 24.0.